The van der Waals surface area contributed by atoms with Crippen molar-refractivity contribution in [1.29, 1.82) is 0 Å². The second-order valence-corrected chi connectivity index (χ2v) is 5.80. The van der Waals surface area contributed by atoms with E-state index in [1.54, 1.807) is 13.8 Å². The van der Waals surface area contributed by atoms with E-state index in [2.05, 4.69) is 20.9 Å². The Morgan fingerprint density at radius 3 is 2.45 bits per heavy atom. The lowest BCUT2D eigenvalue weighted by atomic mass is 10.1. The van der Waals surface area contributed by atoms with Crippen molar-refractivity contribution in [3.63, 3.8) is 0 Å². The van der Waals surface area contributed by atoms with Crippen molar-refractivity contribution in [3.05, 3.63) is 40.1 Å². The van der Waals surface area contributed by atoms with Gasteiger partial charge in [-0.3, -0.25) is 0 Å². The monoisotopic (exact) mass is 376 g/mol. The average molecular weight is 377 g/mol. The lowest BCUT2D eigenvalue weighted by molar-refractivity contribution is -0.140. The molecular weight excluding hydrogens is 365 g/mol. The van der Waals surface area contributed by atoms with Gasteiger partial charge in [0.1, 0.15) is 5.82 Å². The first-order chi connectivity index (χ1) is 10.1. The lowest BCUT2D eigenvalue weighted by Crippen LogP contribution is -2.05. The molecule has 0 atom stereocenters. The molecule has 1 N–H and O–H groups in total. The summed E-state index contributed by atoms with van der Waals surface area (Å²) in [6.07, 6.45) is -3.58. The van der Waals surface area contributed by atoms with Crippen molar-refractivity contribution >= 4 is 21.9 Å². The van der Waals surface area contributed by atoms with Gasteiger partial charge in [0.15, 0.2) is 5.69 Å². The molecule has 0 aliphatic heterocycles. The second-order valence-electron chi connectivity index (χ2n) is 4.95. The highest BCUT2D eigenvalue weighted by Gasteiger charge is 2.35. The maximum absolute atomic E-state index is 12.8. The molecule has 0 unspecified atom stereocenters. The van der Waals surface area contributed by atoms with Crippen LogP contribution in [0.3, 0.4) is 0 Å². The third-order valence-electron chi connectivity index (χ3n) is 3.04. The third-order valence-corrected chi connectivity index (χ3v) is 3.69. The van der Waals surface area contributed by atoms with Crippen LogP contribution >= 0.6 is 15.9 Å². The predicted molar refractivity (Wildman–Crippen MR) is 77.7 cm³/mol. The molecule has 1 aromatic heterocycles. The van der Waals surface area contributed by atoms with Gasteiger partial charge in [-0.05, 0) is 41.9 Å². The van der Waals surface area contributed by atoms with Crippen LogP contribution in [-0.2, 0) is 6.18 Å². The number of carboxylic acids is 1. The summed E-state index contributed by atoms with van der Waals surface area (Å²) in [7, 11) is 0. The Morgan fingerprint density at radius 1 is 1.36 bits per heavy atom. The van der Waals surface area contributed by atoms with Crippen molar-refractivity contribution in [2.24, 2.45) is 0 Å². The molecule has 22 heavy (non-hydrogen) atoms. The van der Waals surface area contributed by atoms with Gasteiger partial charge in [-0.15, -0.1) is 0 Å². The predicted octanol–water partition coefficient (Wildman–Crippen LogP) is 4.61. The van der Waals surface area contributed by atoms with Gasteiger partial charge in [-0.2, -0.15) is 13.2 Å². The third kappa shape index (κ3) is 3.16. The number of carbonyl (C=O) groups is 1. The molecular formula is C14H12BrF3N2O2. The Labute approximate surface area is 132 Å². The fraction of sp³-hybridized carbons (Fsp3) is 0.286. The number of hydrogen-bond donors (Lipinski definition) is 1. The molecule has 0 spiro atoms. The number of benzene rings is 1. The van der Waals surface area contributed by atoms with Crippen LogP contribution in [0.15, 0.2) is 28.9 Å². The van der Waals surface area contributed by atoms with E-state index in [0.717, 1.165) is 6.20 Å². The fourth-order valence-electron chi connectivity index (χ4n) is 1.97. The highest BCUT2D eigenvalue weighted by molar-refractivity contribution is 9.10. The summed E-state index contributed by atoms with van der Waals surface area (Å²) in [6.45, 7) is 3.48. The molecule has 0 bridgehead atoms. The minimum Gasteiger partial charge on any atom is -0.478 e. The van der Waals surface area contributed by atoms with Crippen LogP contribution in [0.2, 0.25) is 0 Å². The topological polar surface area (TPSA) is 55.1 Å². The largest absolute Gasteiger partial charge is 0.478 e. The van der Waals surface area contributed by atoms with Gasteiger partial charge in [0, 0.05) is 22.3 Å². The Balaban J connectivity index is 2.59. The zero-order chi connectivity index (χ0) is 16.7. The molecule has 2 aromatic rings. The van der Waals surface area contributed by atoms with E-state index in [0.29, 0.717) is 5.56 Å². The molecule has 1 aromatic carbocycles. The van der Waals surface area contributed by atoms with Crippen LogP contribution in [0.1, 0.15) is 35.9 Å². The maximum atomic E-state index is 12.8. The van der Waals surface area contributed by atoms with Crippen LogP contribution in [-0.4, -0.2) is 20.6 Å². The zero-order valence-electron chi connectivity index (χ0n) is 11.6. The summed E-state index contributed by atoms with van der Waals surface area (Å²) in [5, 5.41) is 8.98. The van der Waals surface area contributed by atoms with Gasteiger partial charge in [-0.25, -0.2) is 9.78 Å². The number of rotatable bonds is 3. The van der Waals surface area contributed by atoms with Crippen molar-refractivity contribution in [2.75, 3.05) is 0 Å². The SMILES string of the molecule is CC(C)n1cc(C(F)(F)F)nc1-c1ccc(C(=O)O)c(Br)c1. The average Bonchev–Trinajstić information content (AvgIpc) is 2.82. The Bertz CT molecular complexity index is 723. The molecule has 0 fully saturated rings. The van der Waals surface area contributed by atoms with E-state index in [9.17, 15) is 18.0 Å². The van der Waals surface area contributed by atoms with E-state index >= 15 is 0 Å². The van der Waals surface area contributed by atoms with Crippen molar-refractivity contribution in [2.45, 2.75) is 26.1 Å². The summed E-state index contributed by atoms with van der Waals surface area (Å²) in [5.41, 5.74) is -0.543. The molecule has 0 radical (unpaired) electrons. The molecule has 2 rings (SSSR count). The van der Waals surface area contributed by atoms with Crippen LogP contribution < -0.4 is 0 Å². The summed E-state index contributed by atoms with van der Waals surface area (Å²) in [5.74, 6) is -0.985. The number of halogens is 4. The molecule has 0 saturated heterocycles. The van der Waals surface area contributed by atoms with Crippen LogP contribution in [0.5, 0.6) is 0 Å². The number of aromatic carboxylic acids is 1. The summed E-state index contributed by atoms with van der Waals surface area (Å²) in [6, 6.07) is 3.99. The van der Waals surface area contributed by atoms with E-state index in [4.69, 9.17) is 5.11 Å². The summed E-state index contributed by atoms with van der Waals surface area (Å²) >= 11 is 3.11. The van der Waals surface area contributed by atoms with Gasteiger partial charge < -0.3 is 9.67 Å². The first kappa shape index (κ1) is 16.5. The normalized spacial score (nSPS) is 12.0. The summed E-state index contributed by atoms with van der Waals surface area (Å²) < 4.78 is 40.2. The van der Waals surface area contributed by atoms with Gasteiger partial charge in [-0.1, -0.05) is 6.07 Å². The first-order valence-corrected chi connectivity index (χ1v) is 7.10. The Morgan fingerprint density at radius 2 is 2.00 bits per heavy atom. The Kier molecular flexibility index (Phi) is 4.32. The van der Waals surface area contributed by atoms with Crippen LogP contribution in [0, 0.1) is 0 Å². The number of aromatic nitrogens is 2. The fourth-order valence-corrected chi connectivity index (χ4v) is 2.51. The zero-order valence-corrected chi connectivity index (χ0v) is 13.2. The smallest absolute Gasteiger partial charge is 0.434 e. The molecule has 118 valence electrons. The van der Waals surface area contributed by atoms with Gasteiger partial charge in [0.05, 0.1) is 5.56 Å². The molecule has 0 saturated carbocycles. The number of nitrogens with zero attached hydrogens (tertiary/aromatic N) is 2. The van der Waals surface area contributed by atoms with E-state index in [-0.39, 0.29) is 21.9 Å². The van der Waals surface area contributed by atoms with Crippen molar-refractivity contribution in [3.8, 4) is 11.4 Å². The molecule has 1 heterocycles. The van der Waals surface area contributed by atoms with E-state index in [1.165, 1.54) is 22.8 Å². The maximum Gasteiger partial charge on any atom is 0.434 e. The number of carboxylic acid groups (broad SMARTS) is 1. The second kappa shape index (κ2) is 5.75. The standard InChI is InChI=1S/C14H12BrF3N2O2/c1-7(2)20-6-11(14(16,17)18)19-12(20)8-3-4-9(13(21)22)10(15)5-8/h3-7H,1-2H3,(H,21,22). The van der Waals surface area contributed by atoms with Gasteiger partial charge in [0.25, 0.3) is 0 Å². The summed E-state index contributed by atoms with van der Waals surface area (Å²) in [4.78, 5) is 14.6. The number of imidazole rings is 1. The number of hydrogen-bond acceptors (Lipinski definition) is 2. The number of alkyl halides is 3. The molecule has 4 nitrogen and oxygen atoms in total. The molecule has 0 amide bonds. The molecule has 8 heteroatoms. The minimum absolute atomic E-state index is 0.0300. The first-order valence-electron chi connectivity index (χ1n) is 6.30. The quantitative estimate of drug-likeness (QED) is 0.850. The van der Waals surface area contributed by atoms with Crippen LogP contribution in [0.4, 0.5) is 13.2 Å². The van der Waals surface area contributed by atoms with Crippen LogP contribution in [0.25, 0.3) is 11.4 Å². The van der Waals surface area contributed by atoms with Gasteiger partial charge >= 0.3 is 12.1 Å². The lowest BCUT2D eigenvalue weighted by Gasteiger charge is -2.12. The minimum atomic E-state index is -4.53. The van der Waals surface area contributed by atoms with Crippen molar-refractivity contribution in [1.82, 2.24) is 9.55 Å². The van der Waals surface area contributed by atoms with E-state index in [1.807, 2.05) is 0 Å². The Hall–Kier alpha value is -1.83. The van der Waals surface area contributed by atoms with Crippen molar-refractivity contribution < 1.29 is 23.1 Å². The molecule has 0 aliphatic carbocycles. The van der Waals surface area contributed by atoms with E-state index < -0.39 is 17.8 Å². The molecule has 0 aliphatic rings. The highest BCUT2D eigenvalue weighted by Crippen LogP contribution is 2.33. The van der Waals surface area contributed by atoms with Gasteiger partial charge in [0.2, 0.25) is 0 Å². The highest BCUT2D eigenvalue weighted by atomic mass is 79.9.